The van der Waals surface area contributed by atoms with Crippen LogP contribution in [0.15, 0.2) is 36.4 Å². The van der Waals surface area contributed by atoms with E-state index in [0.717, 1.165) is 5.39 Å². The Morgan fingerprint density at radius 1 is 1.26 bits per heavy atom. The largest absolute Gasteiger partial charge is 0.490 e. The third kappa shape index (κ3) is 2.85. The molecule has 100 valence electrons. The maximum atomic E-state index is 11.4. The highest BCUT2D eigenvalue weighted by Crippen LogP contribution is 2.28. The van der Waals surface area contributed by atoms with Crippen LogP contribution < -0.4 is 4.74 Å². The van der Waals surface area contributed by atoms with Gasteiger partial charge in [0.05, 0.1) is 6.10 Å². The fourth-order valence-electron chi connectivity index (χ4n) is 1.90. The first kappa shape index (κ1) is 13.4. The van der Waals surface area contributed by atoms with Crippen molar-refractivity contribution in [3.63, 3.8) is 0 Å². The molecule has 0 spiro atoms. The second-order valence-electron chi connectivity index (χ2n) is 4.34. The molecule has 0 bridgehead atoms. The lowest BCUT2D eigenvalue weighted by Gasteiger charge is -2.13. The summed E-state index contributed by atoms with van der Waals surface area (Å²) in [6.45, 7) is 1.93. The van der Waals surface area contributed by atoms with Crippen LogP contribution in [0, 0.1) is 0 Å². The number of aliphatic hydroxyl groups is 1. The van der Waals surface area contributed by atoms with E-state index >= 15 is 0 Å². The Balaban J connectivity index is 2.43. The normalized spacial score (nSPS) is 12.3. The molecule has 0 heterocycles. The Labute approximate surface area is 111 Å². The molecule has 0 aliphatic rings. The van der Waals surface area contributed by atoms with E-state index in [-0.39, 0.29) is 12.2 Å². The lowest BCUT2D eigenvalue weighted by atomic mass is 10.0. The predicted octanol–water partition coefficient (Wildman–Crippen LogP) is 2.69. The molecule has 2 aromatic rings. The van der Waals surface area contributed by atoms with Crippen LogP contribution in [0.1, 0.15) is 23.7 Å². The molecule has 2 rings (SSSR count). The van der Waals surface area contributed by atoms with Crippen LogP contribution in [-0.4, -0.2) is 28.9 Å². The minimum absolute atomic E-state index is 0.0924. The molecular formula is C15H16O4. The van der Waals surface area contributed by atoms with Crippen LogP contribution in [0.5, 0.6) is 5.75 Å². The van der Waals surface area contributed by atoms with Gasteiger partial charge < -0.3 is 14.9 Å². The number of aliphatic hydroxyl groups excluding tert-OH is 1. The van der Waals surface area contributed by atoms with E-state index in [1.54, 1.807) is 18.2 Å². The zero-order valence-electron chi connectivity index (χ0n) is 10.7. The zero-order chi connectivity index (χ0) is 13.8. The van der Waals surface area contributed by atoms with Crippen molar-refractivity contribution in [3.8, 4) is 5.75 Å². The van der Waals surface area contributed by atoms with Gasteiger partial charge in [-0.2, -0.15) is 0 Å². The van der Waals surface area contributed by atoms with Gasteiger partial charge in [-0.25, -0.2) is 4.79 Å². The third-order valence-corrected chi connectivity index (χ3v) is 3.01. The van der Waals surface area contributed by atoms with Crippen LogP contribution in [0.3, 0.4) is 0 Å². The van der Waals surface area contributed by atoms with Gasteiger partial charge >= 0.3 is 5.97 Å². The highest BCUT2D eigenvalue weighted by atomic mass is 16.5. The Bertz CT molecular complexity index is 592. The fraction of sp³-hybridized carbons (Fsp3) is 0.267. The van der Waals surface area contributed by atoms with E-state index in [2.05, 4.69) is 0 Å². The number of carboxylic acids is 1. The SMILES string of the molecule is CCC(O)COc1ccc2ccccc2c1C(=O)O. The molecule has 1 unspecified atom stereocenters. The van der Waals surface area contributed by atoms with Crippen molar-refractivity contribution in [3.05, 3.63) is 42.0 Å². The highest BCUT2D eigenvalue weighted by Gasteiger charge is 2.16. The lowest BCUT2D eigenvalue weighted by molar-refractivity contribution is 0.0685. The van der Waals surface area contributed by atoms with Gasteiger partial charge in [0, 0.05) is 0 Å². The van der Waals surface area contributed by atoms with Gasteiger partial charge in [0.1, 0.15) is 17.9 Å². The van der Waals surface area contributed by atoms with Gasteiger partial charge in [0.25, 0.3) is 0 Å². The number of hydrogen-bond acceptors (Lipinski definition) is 3. The summed E-state index contributed by atoms with van der Waals surface area (Å²) in [4.78, 5) is 11.4. The first-order valence-corrected chi connectivity index (χ1v) is 6.19. The first-order chi connectivity index (χ1) is 9.13. The number of hydrogen-bond donors (Lipinski definition) is 2. The van der Waals surface area contributed by atoms with Gasteiger partial charge in [-0.3, -0.25) is 0 Å². The van der Waals surface area contributed by atoms with Crippen LogP contribution in [0.25, 0.3) is 10.8 Å². The smallest absolute Gasteiger partial charge is 0.340 e. The van der Waals surface area contributed by atoms with Crippen molar-refractivity contribution in [2.75, 3.05) is 6.61 Å². The van der Waals surface area contributed by atoms with E-state index < -0.39 is 12.1 Å². The molecule has 0 radical (unpaired) electrons. The molecule has 0 saturated carbocycles. The number of fused-ring (bicyclic) bond motifs is 1. The molecule has 19 heavy (non-hydrogen) atoms. The summed E-state index contributed by atoms with van der Waals surface area (Å²) in [6, 6.07) is 10.7. The topological polar surface area (TPSA) is 66.8 Å². The van der Waals surface area contributed by atoms with Crippen molar-refractivity contribution >= 4 is 16.7 Å². The van der Waals surface area contributed by atoms with Gasteiger partial charge in [-0.15, -0.1) is 0 Å². The fourth-order valence-corrected chi connectivity index (χ4v) is 1.90. The third-order valence-electron chi connectivity index (χ3n) is 3.01. The van der Waals surface area contributed by atoms with Crippen LogP contribution in [-0.2, 0) is 0 Å². The Kier molecular flexibility index (Phi) is 4.02. The van der Waals surface area contributed by atoms with Gasteiger partial charge in [0.2, 0.25) is 0 Å². The summed E-state index contributed by atoms with van der Waals surface area (Å²) in [5.41, 5.74) is 0.140. The van der Waals surface area contributed by atoms with Crippen molar-refractivity contribution in [1.82, 2.24) is 0 Å². The number of carbonyl (C=O) groups is 1. The molecule has 2 aromatic carbocycles. The average Bonchev–Trinajstić information content (AvgIpc) is 2.43. The summed E-state index contributed by atoms with van der Waals surface area (Å²) >= 11 is 0. The zero-order valence-corrected chi connectivity index (χ0v) is 10.7. The average molecular weight is 260 g/mol. The molecule has 0 fully saturated rings. The second-order valence-corrected chi connectivity index (χ2v) is 4.34. The Morgan fingerprint density at radius 3 is 2.68 bits per heavy atom. The number of ether oxygens (including phenoxy) is 1. The maximum absolute atomic E-state index is 11.4. The monoisotopic (exact) mass is 260 g/mol. The summed E-state index contributed by atoms with van der Waals surface area (Å²) in [5.74, 6) is -0.739. The number of carboxylic acid groups (broad SMARTS) is 1. The highest BCUT2D eigenvalue weighted by molar-refractivity contribution is 6.06. The van der Waals surface area contributed by atoms with Crippen molar-refractivity contribution in [2.24, 2.45) is 0 Å². The molecule has 4 heteroatoms. The van der Waals surface area contributed by atoms with Crippen LogP contribution in [0.2, 0.25) is 0 Å². The van der Waals surface area contributed by atoms with E-state index in [1.807, 2.05) is 25.1 Å². The molecular weight excluding hydrogens is 244 g/mol. The molecule has 0 saturated heterocycles. The van der Waals surface area contributed by atoms with E-state index in [4.69, 9.17) is 4.74 Å². The molecule has 4 nitrogen and oxygen atoms in total. The summed E-state index contributed by atoms with van der Waals surface area (Å²) in [6.07, 6.45) is -0.0242. The number of rotatable bonds is 5. The van der Waals surface area contributed by atoms with Crippen LogP contribution >= 0.6 is 0 Å². The van der Waals surface area contributed by atoms with E-state index in [0.29, 0.717) is 17.6 Å². The quantitative estimate of drug-likeness (QED) is 0.867. The van der Waals surface area contributed by atoms with Gasteiger partial charge in [0.15, 0.2) is 0 Å². The van der Waals surface area contributed by atoms with Crippen molar-refractivity contribution in [2.45, 2.75) is 19.4 Å². The first-order valence-electron chi connectivity index (χ1n) is 6.19. The summed E-state index contributed by atoms with van der Waals surface area (Å²) < 4.78 is 5.43. The number of aromatic carboxylic acids is 1. The van der Waals surface area contributed by atoms with Crippen molar-refractivity contribution in [1.29, 1.82) is 0 Å². The minimum atomic E-state index is -1.03. The molecule has 0 aromatic heterocycles. The number of benzene rings is 2. The summed E-state index contributed by atoms with van der Waals surface area (Å²) in [5, 5.41) is 20.3. The van der Waals surface area contributed by atoms with E-state index in [1.165, 1.54) is 0 Å². The Morgan fingerprint density at radius 2 is 2.00 bits per heavy atom. The molecule has 0 aliphatic heterocycles. The standard InChI is InChI=1S/C15H16O4/c1-2-11(16)9-19-13-8-7-10-5-3-4-6-12(10)14(13)15(17)18/h3-8,11,16H,2,9H2,1H3,(H,17,18). The predicted molar refractivity (Wildman–Crippen MR) is 72.7 cm³/mol. The Hall–Kier alpha value is -2.07. The molecule has 2 N–H and O–H groups in total. The van der Waals surface area contributed by atoms with E-state index in [9.17, 15) is 15.0 Å². The van der Waals surface area contributed by atoms with Crippen molar-refractivity contribution < 1.29 is 19.7 Å². The molecule has 0 amide bonds. The maximum Gasteiger partial charge on any atom is 0.340 e. The second kappa shape index (κ2) is 5.71. The van der Waals surface area contributed by atoms with Crippen LogP contribution in [0.4, 0.5) is 0 Å². The summed E-state index contributed by atoms with van der Waals surface area (Å²) in [7, 11) is 0. The van der Waals surface area contributed by atoms with Gasteiger partial charge in [-0.1, -0.05) is 37.3 Å². The van der Waals surface area contributed by atoms with Gasteiger partial charge in [-0.05, 0) is 23.3 Å². The molecule has 0 aliphatic carbocycles. The minimum Gasteiger partial charge on any atom is -0.490 e. The molecule has 1 atom stereocenters. The lowest BCUT2D eigenvalue weighted by Crippen LogP contribution is -2.17.